The Kier molecular flexibility index (Phi) is 4.20. The zero-order valence-electron chi connectivity index (χ0n) is 13.0. The van der Waals surface area contributed by atoms with Crippen molar-refractivity contribution in [1.82, 2.24) is 15.5 Å². The summed E-state index contributed by atoms with van der Waals surface area (Å²) in [6.07, 6.45) is 8.27. The molecule has 2 unspecified atom stereocenters. The van der Waals surface area contributed by atoms with Crippen LogP contribution in [0, 0.1) is 0 Å². The molecule has 5 nitrogen and oxygen atoms in total. The van der Waals surface area contributed by atoms with Gasteiger partial charge < -0.3 is 15.5 Å². The molecule has 2 heterocycles. The zero-order valence-corrected chi connectivity index (χ0v) is 13.0. The Morgan fingerprint density at radius 3 is 2.52 bits per heavy atom. The Bertz CT molecular complexity index is 418. The molecule has 2 saturated heterocycles. The van der Waals surface area contributed by atoms with Crippen molar-refractivity contribution in [2.24, 2.45) is 0 Å². The SMILES string of the molecule is CC(=O)NC1(C(=O)N2CCC3CCC(C2)N3)CCCCC1. The average Bonchev–Trinajstić information content (AvgIpc) is 2.78. The molecule has 5 heteroatoms. The van der Waals surface area contributed by atoms with Gasteiger partial charge in [0.05, 0.1) is 0 Å². The predicted octanol–water partition coefficient (Wildman–Crippen LogP) is 1.18. The quantitative estimate of drug-likeness (QED) is 0.803. The summed E-state index contributed by atoms with van der Waals surface area (Å²) in [6, 6.07) is 1.02. The van der Waals surface area contributed by atoms with Gasteiger partial charge in [-0.3, -0.25) is 9.59 Å². The minimum atomic E-state index is -0.631. The van der Waals surface area contributed by atoms with Crippen molar-refractivity contribution < 1.29 is 9.59 Å². The van der Waals surface area contributed by atoms with Crippen LogP contribution in [-0.2, 0) is 9.59 Å². The van der Waals surface area contributed by atoms with Crippen LogP contribution in [0.4, 0.5) is 0 Å². The van der Waals surface area contributed by atoms with Gasteiger partial charge in [-0.15, -0.1) is 0 Å². The average molecular weight is 293 g/mol. The standard InChI is InChI=1S/C16H27N3O2/c1-12(20)18-16(8-3-2-4-9-16)15(21)19-10-7-13-5-6-14(11-19)17-13/h13-14,17H,2-11H2,1H3,(H,18,20). The second-order valence-corrected chi connectivity index (χ2v) is 7.00. The topological polar surface area (TPSA) is 61.4 Å². The van der Waals surface area contributed by atoms with Crippen LogP contribution in [0.15, 0.2) is 0 Å². The number of carbonyl (C=O) groups is 2. The smallest absolute Gasteiger partial charge is 0.248 e. The molecule has 2 aliphatic heterocycles. The number of carbonyl (C=O) groups excluding carboxylic acids is 2. The lowest BCUT2D eigenvalue weighted by Crippen LogP contribution is -2.61. The number of nitrogens with zero attached hydrogens (tertiary/aromatic N) is 1. The van der Waals surface area contributed by atoms with E-state index in [9.17, 15) is 9.59 Å². The van der Waals surface area contributed by atoms with Crippen molar-refractivity contribution in [3.05, 3.63) is 0 Å². The lowest BCUT2D eigenvalue weighted by molar-refractivity contribution is -0.143. The number of likely N-dealkylation sites (tertiary alicyclic amines) is 1. The summed E-state index contributed by atoms with van der Waals surface area (Å²) < 4.78 is 0. The Morgan fingerprint density at radius 2 is 1.81 bits per heavy atom. The molecule has 3 aliphatic rings. The van der Waals surface area contributed by atoms with Crippen LogP contribution in [0.25, 0.3) is 0 Å². The van der Waals surface area contributed by atoms with Gasteiger partial charge in [-0.25, -0.2) is 0 Å². The summed E-state index contributed by atoms with van der Waals surface area (Å²) in [6.45, 7) is 3.15. The van der Waals surface area contributed by atoms with E-state index < -0.39 is 5.54 Å². The fourth-order valence-electron chi connectivity index (χ4n) is 4.31. The highest BCUT2D eigenvalue weighted by atomic mass is 16.2. The van der Waals surface area contributed by atoms with Gasteiger partial charge in [-0.05, 0) is 32.1 Å². The van der Waals surface area contributed by atoms with Crippen molar-refractivity contribution in [3.8, 4) is 0 Å². The van der Waals surface area contributed by atoms with E-state index in [0.29, 0.717) is 12.1 Å². The third kappa shape index (κ3) is 3.07. The molecule has 3 fully saturated rings. The van der Waals surface area contributed by atoms with E-state index in [0.717, 1.165) is 45.2 Å². The summed E-state index contributed by atoms with van der Waals surface area (Å²) in [5.74, 6) is 0.0754. The van der Waals surface area contributed by atoms with Crippen LogP contribution in [0.1, 0.15) is 58.3 Å². The van der Waals surface area contributed by atoms with Crippen molar-refractivity contribution in [2.75, 3.05) is 13.1 Å². The number of hydrogen-bond acceptors (Lipinski definition) is 3. The molecule has 1 saturated carbocycles. The van der Waals surface area contributed by atoms with Gasteiger partial charge in [0.1, 0.15) is 5.54 Å². The Balaban J connectivity index is 1.75. The van der Waals surface area contributed by atoms with Crippen LogP contribution in [0.2, 0.25) is 0 Å². The van der Waals surface area contributed by atoms with E-state index in [1.807, 2.05) is 4.90 Å². The second-order valence-electron chi connectivity index (χ2n) is 7.00. The lowest BCUT2D eigenvalue weighted by atomic mass is 9.80. The van der Waals surface area contributed by atoms with Crippen LogP contribution >= 0.6 is 0 Å². The van der Waals surface area contributed by atoms with Gasteiger partial charge in [0.2, 0.25) is 11.8 Å². The van der Waals surface area contributed by atoms with Crippen LogP contribution in [0.3, 0.4) is 0 Å². The molecule has 0 spiro atoms. The highest BCUT2D eigenvalue weighted by Crippen LogP contribution is 2.31. The highest BCUT2D eigenvalue weighted by Gasteiger charge is 2.44. The fourth-order valence-corrected chi connectivity index (χ4v) is 4.31. The maximum absolute atomic E-state index is 13.1. The van der Waals surface area contributed by atoms with E-state index >= 15 is 0 Å². The van der Waals surface area contributed by atoms with E-state index in [1.54, 1.807) is 0 Å². The normalized spacial score (nSPS) is 31.6. The maximum Gasteiger partial charge on any atom is 0.248 e. The molecule has 2 amide bonds. The van der Waals surface area contributed by atoms with Gasteiger partial charge in [-0.2, -0.15) is 0 Å². The third-order valence-electron chi connectivity index (χ3n) is 5.34. The first kappa shape index (κ1) is 14.8. The summed E-state index contributed by atoms with van der Waals surface area (Å²) in [4.78, 5) is 26.7. The van der Waals surface area contributed by atoms with Gasteiger partial charge in [-0.1, -0.05) is 19.3 Å². The molecule has 3 rings (SSSR count). The third-order valence-corrected chi connectivity index (χ3v) is 5.34. The van der Waals surface area contributed by atoms with Gasteiger partial charge in [0.25, 0.3) is 0 Å². The Morgan fingerprint density at radius 1 is 1.10 bits per heavy atom. The van der Waals surface area contributed by atoms with Crippen molar-refractivity contribution >= 4 is 11.8 Å². The molecule has 0 radical (unpaired) electrons. The van der Waals surface area contributed by atoms with Gasteiger partial charge >= 0.3 is 0 Å². The minimum absolute atomic E-state index is 0.0836. The number of amides is 2. The van der Waals surface area contributed by atoms with Crippen molar-refractivity contribution in [1.29, 1.82) is 0 Å². The predicted molar refractivity (Wildman–Crippen MR) is 80.8 cm³/mol. The van der Waals surface area contributed by atoms with E-state index in [4.69, 9.17) is 0 Å². The summed E-state index contributed by atoms with van der Waals surface area (Å²) >= 11 is 0. The summed E-state index contributed by atoms with van der Waals surface area (Å²) in [5, 5.41) is 6.62. The lowest BCUT2D eigenvalue weighted by Gasteiger charge is -2.40. The first-order chi connectivity index (χ1) is 10.1. The van der Waals surface area contributed by atoms with E-state index in [1.165, 1.54) is 26.2 Å². The summed E-state index contributed by atoms with van der Waals surface area (Å²) in [5.41, 5.74) is -0.631. The number of rotatable bonds is 2. The Hall–Kier alpha value is -1.10. The summed E-state index contributed by atoms with van der Waals surface area (Å²) in [7, 11) is 0. The fraction of sp³-hybridized carbons (Fsp3) is 0.875. The number of hydrogen-bond donors (Lipinski definition) is 2. The molecule has 2 bridgehead atoms. The largest absolute Gasteiger partial charge is 0.342 e. The molecule has 2 N–H and O–H groups in total. The van der Waals surface area contributed by atoms with E-state index in [2.05, 4.69) is 10.6 Å². The molecule has 0 aromatic heterocycles. The molecular weight excluding hydrogens is 266 g/mol. The Labute approximate surface area is 126 Å². The van der Waals surface area contributed by atoms with E-state index in [-0.39, 0.29) is 11.8 Å². The highest BCUT2D eigenvalue weighted by molar-refractivity contribution is 5.91. The second kappa shape index (κ2) is 5.95. The first-order valence-electron chi connectivity index (χ1n) is 8.43. The zero-order chi connectivity index (χ0) is 14.9. The van der Waals surface area contributed by atoms with Crippen LogP contribution < -0.4 is 10.6 Å². The van der Waals surface area contributed by atoms with Crippen molar-refractivity contribution in [2.45, 2.75) is 75.9 Å². The number of fused-ring (bicyclic) bond motifs is 2. The molecule has 1 aliphatic carbocycles. The monoisotopic (exact) mass is 293 g/mol. The molecule has 0 aromatic rings. The molecule has 118 valence electrons. The van der Waals surface area contributed by atoms with Gasteiger partial charge in [0, 0.05) is 32.1 Å². The minimum Gasteiger partial charge on any atom is -0.342 e. The van der Waals surface area contributed by atoms with Crippen LogP contribution in [0.5, 0.6) is 0 Å². The molecule has 21 heavy (non-hydrogen) atoms. The van der Waals surface area contributed by atoms with Crippen molar-refractivity contribution in [3.63, 3.8) is 0 Å². The molecule has 0 aromatic carbocycles. The molecular formula is C16H27N3O2. The van der Waals surface area contributed by atoms with Gasteiger partial charge in [0.15, 0.2) is 0 Å². The number of nitrogens with one attached hydrogen (secondary N) is 2. The maximum atomic E-state index is 13.1. The molecule has 2 atom stereocenters. The van der Waals surface area contributed by atoms with Crippen LogP contribution in [-0.4, -0.2) is 47.4 Å². The first-order valence-corrected chi connectivity index (χ1v) is 8.43.